The first kappa shape index (κ1) is 49.9. The summed E-state index contributed by atoms with van der Waals surface area (Å²) in [5.41, 5.74) is 21.9. The molecule has 354 valence electrons. The molecular formula is C51H62N8O8. The Morgan fingerprint density at radius 1 is 0.881 bits per heavy atom. The zero-order valence-electron chi connectivity index (χ0n) is 38.8. The van der Waals surface area contributed by atoms with Crippen LogP contribution in [-0.2, 0) is 25.6 Å². The van der Waals surface area contributed by atoms with Crippen LogP contribution in [0, 0.1) is 37.0 Å². The quantitative estimate of drug-likeness (QED) is 0.0874. The summed E-state index contributed by atoms with van der Waals surface area (Å²) in [6, 6.07) is 17.8. The maximum Gasteiger partial charge on any atom is 0.226 e. The Bertz CT molecular complexity index is 2460. The number of benzene rings is 3. The minimum atomic E-state index is -1.25. The van der Waals surface area contributed by atoms with Gasteiger partial charge >= 0.3 is 0 Å². The molecule has 0 saturated heterocycles. The first-order chi connectivity index (χ1) is 32.3. The highest BCUT2D eigenvalue weighted by atomic mass is 16.5. The molecule has 7 N–H and O–H groups in total. The number of Topliss-reactive ketones (excluding diaryl/α,β-unsaturated/α-hetero) is 3. The number of nitrogens with two attached hydrogens (primary N) is 3. The van der Waals surface area contributed by atoms with Crippen molar-refractivity contribution >= 4 is 29.2 Å². The van der Waals surface area contributed by atoms with Crippen molar-refractivity contribution in [3.8, 4) is 45.8 Å². The number of nitriles is 1. The van der Waals surface area contributed by atoms with E-state index in [0.29, 0.717) is 56.5 Å². The van der Waals surface area contributed by atoms with E-state index in [0.717, 1.165) is 24.2 Å². The summed E-state index contributed by atoms with van der Waals surface area (Å²) < 4.78 is 18.3. The molecule has 0 radical (unpaired) electrons. The molecule has 2 amide bonds. The van der Waals surface area contributed by atoms with Crippen LogP contribution in [0.5, 0.6) is 17.2 Å². The van der Waals surface area contributed by atoms with Gasteiger partial charge < -0.3 is 41.6 Å². The first-order valence-corrected chi connectivity index (χ1v) is 23.0. The molecule has 1 aliphatic carbocycles. The Balaban J connectivity index is 1.36. The molecule has 6 rings (SSSR count). The maximum absolute atomic E-state index is 14.8. The van der Waals surface area contributed by atoms with Gasteiger partial charge in [0.05, 0.1) is 35.2 Å². The van der Waals surface area contributed by atoms with Gasteiger partial charge in [0.2, 0.25) is 11.8 Å². The van der Waals surface area contributed by atoms with Gasteiger partial charge in [-0.05, 0) is 112 Å². The summed E-state index contributed by atoms with van der Waals surface area (Å²) in [6.45, 7) is 5.90. The third kappa shape index (κ3) is 12.3. The lowest BCUT2D eigenvalue weighted by Gasteiger charge is -2.32. The van der Waals surface area contributed by atoms with Gasteiger partial charge in [0, 0.05) is 74.3 Å². The Morgan fingerprint density at radius 3 is 2.12 bits per heavy atom. The standard InChI is InChI=1S/C51H62N8O8/c1-30-25-44(62)48(59(4)51(64)36(18-20-53)29-43(61)47-31(2)56-49(57-32(47)3)34-11-14-38(15-12-34)67-37-7-5-8-37)35-13-17-46(66-24-22-55)40(28-35)39-26-33(10-16-45(39)65-23-21-54)27-41(58-50(30)63)42(60)9-6-19-52/h10-17,26,28,30,36-37,41,48H,5-9,18,20-25,27,29,53-55H2,1-4H3,(H,58,63)/t30-,36-,41+,48+/m1/s1. The van der Waals surface area contributed by atoms with Gasteiger partial charge in [0.25, 0.3) is 0 Å². The van der Waals surface area contributed by atoms with Crippen molar-refractivity contribution in [2.75, 3.05) is 39.9 Å². The zero-order valence-corrected chi connectivity index (χ0v) is 38.8. The van der Waals surface area contributed by atoms with Crippen molar-refractivity contribution in [3.05, 3.63) is 88.7 Å². The highest BCUT2D eigenvalue weighted by Crippen LogP contribution is 2.41. The third-order valence-corrected chi connectivity index (χ3v) is 12.3. The third-order valence-electron chi connectivity index (χ3n) is 12.3. The molecule has 1 aromatic heterocycles. The summed E-state index contributed by atoms with van der Waals surface area (Å²) in [7, 11) is 1.50. The number of carbonyl (C=O) groups excluding carboxylic acids is 5. The molecule has 0 spiro atoms. The Hall–Kier alpha value is -6.54. The monoisotopic (exact) mass is 914 g/mol. The summed E-state index contributed by atoms with van der Waals surface area (Å²) in [5.74, 6) is -1.97. The fraction of sp³-hybridized carbons (Fsp3) is 0.451. The Morgan fingerprint density at radius 2 is 1.52 bits per heavy atom. The van der Waals surface area contributed by atoms with E-state index in [1.165, 1.54) is 18.4 Å². The van der Waals surface area contributed by atoms with E-state index >= 15 is 0 Å². The number of hydrogen-bond acceptors (Lipinski definition) is 14. The number of aromatic nitrogens is 2. The van der Waals surface area contributed by atoms with Crippen molar-refractivity contribution < 1.29 is 38.2 Å². The summed E-state index contributed by atoms with van der Waals surface area (Å²) in [4.78, 5) is 81.9. The minimum Gasteiger partial charge on any atom is -0.492 e. The number of hydrogen-bond donors (Lipinski definition) is 4. The molecule has 4 aromatic rings. The smallest absolute Gasteiger partial charge is 0.226 e. The molecule has 1 aliphatic heterocycles. The van der Waals surface area contributed by atoms with E-state index < -0.39 is 41.5 Å². The van der Waals surface area contributed by atoms with E-state index in [1.807, 2.05) is 36.4 Å². The van der Waals surface area contributed by atoms with Gasteiger partial charge in [-0.15, -0.1) is 0 Å². The highest BCUT2D eigenvalue weighted by molar-refractivity contribution is 6.01. The molecule has 67 heavy (non-hydrogen) atoms. The Kier molecular flexibility index (Phi) is 17.3. The average molecular weight is 915 g/mol. The van der Waals surface area contributed by atoms with Gasteiger partial charge in [-0.1, -0.05) is 19.1 Å². The molecule has 2 heterocycles. The van der Waals surface area contributed by atoms with Crippen LogP contribution >= 0.6 is 0 Å². The average Bonchev–Trinajstić information content (AvgIpc) is 3.29. The lowest BCUT2D eigenvalue weighted by molar-refractivity contribution is -0.142. The van der Waals surface area contributed by atoms with E-state index in [-0.39, 0.29) is 89.0 Å². The summed E-state index contributed by atoms with van der Waals surface area (Å²) in [5, 5.41) is 12.1. The number of likely N-dealkylation sites (N-methyl/N-ethyl adjacent to an activating group) is 1. The molecular weight excluding hydrogens is 853 g/mol. The lowest BCUT2D eigenvalue weighted by atomic mass is 9.88. The SMILES string of the molecule is Cc1nc(-c2ccc(OC3CCC3)cc2)nc(C)c1C(=O)C[C@@H](CCN)C(=O)N(C)[C@@H]1C(=O)C[C@@H](C)C(=O)N[C@H](C(=O)CCC#N)Cc2ccc(OCCN)c(c2)-c2cc1ccc2OCCN. The highest BCUT2D eigenvalue weighted by Gasteiger charge is 2.36. The zero-order chi connectivity index (χ0) is 48.2. The van der Waals surface area contributed by atoms with Gasteiger partial charge in [-0.2, -0.15) is 5.26 Å². The van der Waals surface area contributed by atoms with Crippen LogP contribution in [-0.4, -0.2) is 96.1 Å². The van der Waals surface area contributed by atoms with Crippen molar-refractivity contribution in [1.82, 2.24) is 20.2 Å². The van der Waals surface area contributed by atoms with Crippen LogP contribution in [0.3, 0.4) is 0 Å². The summed E-state index contributed by atoms with van der Waals surface area (Å²) in [6.07, 6.45) is 3.09. The van der Waals surface area contributed by atoms with Crippen LogP contribution in [0.1, 0.15) is 97.2 Å². The topological polar surface area (TPSA) is 256 Å². The molecule has 2 aliphatic rings. The van der Waals surface area contributed by atoms with E-state index in [1.54, 1.807) is 51.1 Å². The van der Waals surface area contributed by atoms with E-state index in [4.69, 9.17) is 41.4 Å². The number of ketones is 3. The fourth-order valence-corrected chi connectivity index (χ4v) is 8.58. The Labute approximate surface area is 391 Å². The molecule has 1 fully saturated rings. The second-order valence-corrected chi connectivity index (χ2v) is 17.4. The summed E-state index contributed by atoms with van der Waals surface area (Å²) >= 11 is 0. The van der Waals surface area contributed by atoms with Crippen molar-refractivity contribution in [1.29, 1.82) is 5.26 Å². The second kappa shape index (κ2) is 23.3. The van der Waals surface area contributed by atoms with E-state index in [2.05, 4.69) is 5.32 Å². The number of ether oxygens (including phenoxy) is 3. The number of amides is 2. The number of carbonyl (C=O) groups is 5. The fourth-order valence-electron chi connectivity index (χ4n) is 8.58. The molecule has 16 heteroatoms. The number of fused-ring (bicyclic) bond motifs is 5. The normalized spacial score (nSPS) is 17.8. The van der Waals surface area contributed by atoms with Crippen molar-refractivity contribution in [3.63, 3.8) is 0 Å². The van der Waals surface area contributed by atoms with Crippen molar-refractivity contribution in [2.24, 2.45) is 29.0 Å². The predicted molar refractivity (Wildman–Crippen MR) is 252 cm³/mol. The number of rotatable bonds is 19. The molecule has 4 atom stereocenters. The number of aryl methyl sites for hydroxylation is 2. The van der Waals surface area contributed by atoms with Gasteiger partial charge in [-0.3, -0.25) is 24.0 Å². The second-order valence-electron chi connectivity index (χ2n) is 17.4. The largest absolute Gasteiger partial charge is 0.492 e. The van der Waals surface area contributed by atoms with Crippen LogP contribution in [0.25, 0.3) is 22.5 Å². The van der Waals surface area contributed by atoms with Gasteiger partial charge in [-0.25, -0.2) is 9.97 Å². The molecule has 3 aromatic carbocycles. The molecule has 1 saturated carbocycles. The maximum atomic E-state index is 14.8. The van der Waals surface area contributed by atoms with Crippen LogP contribution in [0.2, 0.25) is 0 Å². The number of nitrogens with one attached hydrogen (secondary N) is 1. The molecule has 0 unspecified atom stereocenters. The number of nitrogens with zero attached hydrogens (tertiary/aromatic N) is 4. The minimum absolute atomic E-state index is 0.0330. The lowest BCUT2D eigenvalue weighted by Crippen LogP contribution is -2.46. The van der Waals surface area contributed by atoms with Gasteiger partial charge in [0.15, 0.2) is 23.2 Å². The van der Waals surface area contributed by atoms with E-state index in [9.17, 15) is 29.2 Å². The van der Waals surface area contributed by atoms with Crippen LogP contribution in [0.4, 0.5) is 0 Å². The molecule has 4 bridgehead atoms. The van der Waals surface area contributed by atoms with Crippen LogP contribution in [0.15, 0.2) is 60.7 Å². The van der Waals surface area contributed by atoms with Gasteiger partial charge in [0.1, 0.15) is 36.5 Å². The molecule has 16 nitrogen and oxygen atoms in total. The van der Waals surface area contributed by atoms with Crippen LogP contribution < -0.4 is 36.7 Å². The van der Waals surface area contributed by atoms with Crippen molar-refractivity contribution in [2.45, 2.75) is 96.7 Å². The first-order valence-electron chi connectivity index (χ1n) is 23.0. The predicted octanol–water partition coefficient (Wildman–Crippen LogP) is 5.28.